The number of benzene rings is 1. The first kappa shape index (κ1) is 11.6. The summed E-state index contributed by atoms with van der Waals surface area (Å²) in [6, 6.07) is 8.13. The smallest absolute Gasteiger partial charge is 0.0946 e. The van der Waals surface area contributed by atoms with E-state index in [1.165, 1.54) is 0 Å². The van der Waals surface area contributed by atoms with E-state index >= 15 is 0 Å². The van der Waals surface area contributed by atoms with Gasteiger partial charge in [0.1, 0.15) is 0 Å². The van der Waals surface area contributed by atoms with E-state index in [9.17, 15) is 5.11 Å². The molecular formula is C13H19NO2. The molecule has 1 saturated heterocycles. The van der Waals surface area contributed by atoms with Gasteiger partial charge in [0.05, 0.1) is 12.7 Å². The first-order valence-electron chi connectivity index (χ1n) is 5.81. The van der Waals surface area contributed by atoms with Gasteiger partial charge in [-0.15, -0.1) is 0 Å². The second-order valence-corrected chi connectivity index (χ2v) is 4.28. The highest BCUT2D eigenvalue weighted by atomic mass is 16.5. The van der Waals surface area contributed by atoms with Crippen LogP contribution in [0.5, 0.6) is 0 Å². The van der Waals surface area contributed by atoms with Crippen molar-refractivity contribution in [3.05, 3.63) is 35.4 Å². The lowest BCUT2D eigenvalue weighted by Gasteiger charge is -2.21. The Hall–Kier alpha value is -0.900. The third-order valence-corrected chi connectivity index (χ3v) is 3.15. The highest BCUT2D eigenvalue weighted by Crippen LogP contribution is 2.25. The highest BCUT2D eigenvalue weighted by molar-refractivity contribution is 5.29. The molecule has 1 aliphatic rings. The van der Waals surface area contributed by atoms with Crippen LogP contribution < -0.4 is 5.32 Å². The van der Waals surface area contributed by atoms with Crippen LogP contribution in [-0.4, -0.2) is 24.8 Å². The van der Waals surface area contributed by atoms with E-state index in [0.29, 0.717) is 6.61 Å². The van der Waals surface area contributed by atoms with E-state index in [4.69, 9.17) is 4.74 Å². The summed E-state index contributed by atoms with van der Waals surface area (Å²) in [4.78, 5) is 0. The summed E-state index contributed by atoms with van der Waals surface area (Å²) >= 11 is 0. The largest absolute Gasteiger partial charge is 0.387 e. The van der Waals surface area contributed by atoms with Crippen molar-refractivity contribution in [2.75, 3.05) is 13.7 Å². The molecule has 0 bridgehead atoms. The first-order valence-corrected chi connectivity index (χ1v) is 5.81. The van der Waals surface area contributed by atoms with Gasteiger partial charge in [-0.05, 0) is 30.5 Å². The summed E-state index contributed by atoms with van der Waals surface area (Å²) in [7, 11) is 1.68. The normalized spacial score (nSPS) is 22.2. The zero-order valence-electron chi connectivity index (χ0n) is 9.65. The summed E-state index contributed by atoms with van der Waals surface area (Å²) in [5.41, 5.74) is 2.06. The van der Waals surface area contributed by atoms with Gasteiger partial charge in [0, 0.05) is 13.2 Å². The first-order chi connectivity index (χ1) is 7.83. The molecule has 3 nitrogen and oxygen atoms in total. The average molecular weight is 221 g/mol. The topological polar surface area (TPSA) is 41.5 Å². The maximum absolute atomic E-state index is 10.3. The minimum atomic E-state index is -0.422. The van der Waals surface area contributed by atoms with Crippen LogP contribution in [0.2, 0.25) is 0 Å². The van der Waals surface area contributed by atoms with Crippen molar-refractivity contribution < 1.29 is 9.84 Å². The molecule has 3 heteroatoms. The summed E-state index contributed by atoms with van der Waals surface area (Å²) < 4.78 is 5.15. The van der Waals surface area contributed by atoms with Gasteiger partial charge in [0.2, 0.25) is 0 Å². The standard InChI is InChI=1S/C13H19NO2/c1-16-9-10-5-2-3-6-11(10)13(15)12-7-4-8-14-12/h2-3,5-6,12-15H,4,7-9H2,1H3. The predicted octanol–water partition coefficient (Wildman–Crippen LogP) is 1.62. The molecule has 2 rings (SSSR count). The van der Waals surface area contributed by atoms with Gasteiger partial charge in [-0.1, -0.05) is 24.3 Å². The Labute approximate surface area is 96.4 Å². The lowest BCUT2D eigenvalue weighted by Crippen LogP contribution is -2.29. The highest BCUT2D eigenvalue weighted by Gasteiger charge is 2.25. The number of rotatable bonds is 4. The van der Waals surface area contributed by atoms with Crippen LogP contribution in [-0.2, 0) is 11.3 Å². The molecule has 1 heterocycles. The Bertz CT molecular complexity index is 334. The van der Waals surface area contributed by atoms with Gasteiger partial charge in [-0.3, -0.25) is 0 Å². The van der Waals surface area contributed by atoms with Crippen LogP contribution in [0.25, 0.3) is 0 Å². The molecule has 2 atom stereocenters. The maximum Gasteiger partial charge on any atom is 0.0946 e. The molecule has 1 aliphatic heterocycles. The number of methoxy groups -OCH3 is 1. The van der Waals surface area contributed by atoms with E-state index < -0.39 is 6.10 Å². The zero-order valence-corrected chi connectivity index (χ0v) is 9.65. The molecule has 1 aromatic carbocycles. The lowest BCUT2D eigenvalue weighted by atomic mass is 9.96. The van der Waals surface area contributed by atoms with Gasteiger partial charge >= 0.3 is 0 Å². The van der Waals surface area contributed by atoms with Crippen LogP contribution in [0, 0.1) is 0 Å². The van der Waals surface area contributed by atoms with Crippen LogP contribution >= 0.6 is 0 Å². The molecule has 1 fully saturated rings. The summed E-state index contributed by atoms with van der Waals surface area (Å²) in [6.07, 6.45) is 1.77. The Kier molecular flexibility index (Phi) is 3.93. The molecule has 0 spiro atoms. The molecule has 0 radical (unpaired) electrons. The number of nitrogens with one attached hydrogen (secondary N) is 1. The number of ether oxygens (including phenoxy) is 1. The van der Waals surface area contributed by atoms with Crippen LogP contribution in [0.15, 0.2) is 24.3 Å². The summed E-state index contributed by atoms with van der Waals surface area (Å²) in [6.45, 7) is 1.56. The third-order valence-electron chi connectivity index (χ3n) is 3.15. The fraction of sp³-hybridized carbons (Fsp3) is 0.538. The Morgan fingerprint density at radius 3 is 3.00 bits per heavy atom. The lowest BCUT2D eigenvalue weighted by molar-refractivity contribution is 0.130. The van der Waals surface area contributed by atoms with E-state index in [0.717, 1.165) is 30.5 Å². The molecule has 16 heavy (non-hydrogen) atoms. The number of hydrogen-bond donors (Lipinski definition) is 2. The monoisotopic (exact) mass is 221 g/mol. The molecular weight excluding hydrogens is 202 g/mol. The van der Waals surface area contributed by atoms with E-state index in [1.807, 2.05) is 24.3 Å². The molecule has 0 aromatic heterocycles. The van der Waals surface area contributed by atoms with Crippen molar-refractivity contribution >= 4 is 0 Å². The van der Waals surface area contributed by atoms with Crippen molar-refractivity contribution in [1.29, 1.82) is 0 Å². The number of aliphatic hydroxyl groups excluding tert-OH is 1. The van der Waals surface area contributed by atoms with Crippen LogP contribution in [0.1, 0.15) is 30.1 Å². The van der Waals surface area contributed by atoms with Crippen molar-refractivity contribution in [3.63, 3.8) is 0 Å². The van der Waals surface area contributed by atoms with Crippen molar-refractivity contribution in [1.82, 2.24) is 5.32 Å². The fourth-order valence-corrected chi connectivity index (χ4v) is 2.31. The Balaban J connectivity index is 2.17. The fourth-order valence-electron chi connectivity index (χ4n) is 2.31. The van der Waals surface area contributed by atoms with Gasteiger partial charge < -0.3 is 15.2 Å². The van der Waals surface area contributed by atoms with Gasteiger partial charge in [0.15, 0.2) is 0 Å². The van der Waals surface area contributed by atoms with E-state index in [2.05, 4.69) is 5.32 Å². The summed E-state index contributed by atoms with van der Waals surface area (Å²) in [5.74, 6) is 0. The van der Waals surface area contributed by atoms with Gasteiger partial charge in [-0.2, -0.15) is 0 Å². The molecule has 0 amide bonds. The molecule has 0 aliphatic carbocycles. The van der Waals surface area contributed by atoms with Crippen LogP contribution in [0.3, 0.4) is 0 Å². The van der Waals surface area contributed by atoms with Crippen molar-refractivity contribution in [2.45, 2.75) is 31.6 Å². The van der Waals surface area contributed by atoms with Gasteiger partial charge in [0.25, 0.3) is 0 Å². The van der Waals surface area contributed by atoms with Crippen LogP contribution in [0.4, 0.5) is 0 Å². The van der Waals surface area contributed by atoms with E-state index in [-0.39, 0.29) is 6.04 Å². The minimum Gasteiger partial charge on any atom is -0.387 e. The SMILES string of the molecule is COCc1ccccc1C(O)C1CCCN1. The minimum absolute atomic E-state index is 0.193. The molecule has 2 unspecified atom stereocenters. The Morgan fingerprint density at radius 1 is 1.50 bits per heavy atom. The third kappa shape index (κ3) is 2.43. The van der Waals surface area contributed by atoms with Crippen molar-refractivity contribution in [3.8, 4) is 0 Å². The molecule has 2 N–H and O–H groups in total. The van der Waals surface area contributed by atoms with Crippen molar-refractivity contribution in [2.24, 2.45) is 0 Å². The maximum atomic E-state index is 10.3. The number of hydrogen-bond acceptors (Lipinski definition) is 3. The second-order valence-electron chi connectivity index (χ2n) is 4.28. The average Bonchev–Trinajstić information content (AvgIpc) is 2.83. The number of aliphatic hydroxyl groups is 1. The molecule has 0 saturated carbocycles. The molecule has 1 aromatic rings. The Morgan fingerprint density at radius 2 is 2.31 bits per heavy atom. The second kappa shape index (κ2) is 5.43. The quantitative estimate of drug-likeness (QED) is 0.811. The summed E-state index contributed by atoms with van der Waals surface area (Å²) in [5, 5.41) is 13.6. The predicted molar refractivity (Wildman–Crippen MR) is 63.1 cm³/mol. The van der Waals surface area contributed by atoms with E-state index in [1.54, 1.807) is 7.11 Å². The molecule has 88 valence electrons. The zero-order chi connectivity index (χ0) is 11.4. The van der Waals surface area contributed by atoms with Gasteiger partial charge in [-0.25, -0.2) is 0 Å².